The van der Waals surface area contributed by atoms with E-state index in [9.17, 15) is 0 Å². The maximum absolute atomic E-state index is 4.47. The molecule has 0 amide bonds. The number of nitrogens with zero attached hydrogens (tertiary/aromatic N) is 1. The van der Waals surface area contributed by atoms with Crippen molar-refractivity contribution in [3.05, 3.63) is 23.8 Å². The molecule has 11 heavy (non-hydrogen) atoms. The lowest BCUT2D eigenvalue weighted by Crippen LogP contribution is -1.89. The van der Waals surface area contributed by atoms with Crippen LogP contribution < -0.4 is 0 Å². The van der Waals surface area contributed by atoms with Crippen molar-refractivity contribution in [3.63, 3.8) is 0 Å². The van der Waals surface area contributed by atoms with Gasteiger partial charge < -0.3 is 0 Å². The number of rotatable bonds is 3. The van der Waals surface area contributed by atoms with E-state index in [0.717, 1.165) is 13.0 Å². The highest BCUT2D eigenvalue weighted by atomic mass is 32.1. The van der Waals surface area contributed by atoms with Crippen LogP contribution in [0.15, 0.2) is 28.8 Å². The number of hydrogen-bond acceptors (Lipinski definition) is 2. The first-order valence-electron chi connectivity index (χ1n) is 3.81. The molecule has 0 bridgehead atoms. The highest BCUT2D eigenvalue weighted by Gasteiger charge is 1.97. The van der Waals surface area contributed by atoms with Gasteiger partial charge in [-0.15, -0.1) is 0 Å². The predicted molar refractivity (Wildman–Crippen MR) is 51.0 cm³/mol. The van der Waals surface area contributed by atoms with Crippen molar-refractivity contribution in [1.82, 2.24) is 0 Å². The molecule has 0 atom stereocenters. The molecule has 0 aliphatic heterocycles. The zero-order valence-electron chi connectivity index (χ0n) is 6.42. The lowest BCUT2D eigenvalue weighted by molar-refractivity contribution is 0.850. The van der Waals surface area contributed by atoms with Crippen LogP contribution in [0.2, 0.25) is 0 Å². The fourth-order valence-corrected chi connectivity index (χ4v) is 1.20. The van der Waals surface area contributed by atoms with Gasteiger partial charge >= 0.3 is 0 Å². The second kappa shape index (κ2) is 5.00. The average Bonchev–Trinajstić information content (AvgIpc) is 2.07. The molecule has 0 aromatic rings. The normalized spacial score (nSPS) is 15.5. The monoisotopic (exact) mass is 165 g/mol. The zero-order chi connectivity index (χ0) is 7.94. The largest absolute Gasteiger partial charge is 0.232 e. The van der Waals surface area contributed by atoms with Crippen LogP contribution in [0.25, 0.3) is 0 Å². The molecule has 0 saturated carbocycles. The van der Waals surface area contributed by atoms with Crippen molar-refractivity contribution in [1.29, 1.82) is 0 Å². The Hall–Kier alpha value is -0.720. The summed E-state index contributed by atoms with van der Waals surface area (Å²) < 4.78 is 0. The summed E-state index contributed by atoms with van der Waals surface area (Å²) in [6, 6.07) is 0. The third kappa shape index (κ3) is 3.26. The van der Waals surface area contributed by atoms with Crippen molar-refractivity contribution < 1.29 is 0 Å². The highest BCUT2D eigenvalue weighted by molar-refractivity contribution is 7.78. The van der Waals surface area contributed by atoms with Gasteiger partial charge in [0.25, 0.3) is 0 Å². The molecule has 0 aromatic heterocycles. The van der Waals surface area contributed by atoms with Crippen molar-refractivity contribution in [3.8, 4) is 0 Å². The smallest absolute Gasteiger partial charge is 0.0585 e. The van der Waals surface area contributed by atoms with Crippen LogP contribution >= 0.6 is 12.2 Å². The van der Waals surface area contributed by atoms with Crippen LogP contribution in [0.1, 0.15) is 19.3 Å². The summed E-state index contributed by atoms with van der Waals surface area (Å²) in [6.07, 6.45) is 9.86. The Labute approximate surface area is 72.5 Å². The first-order valence-corrected chi connectivity index (χ1v) is 4.22. The standard InChI is InChI=1S/C9H11NS/c11-8-10-7-6-9-4-2-1-3-5-9/h1-2,4H,3,5-7H2. The summed E-state index contributed by atoms with van der Waals surface area (Å²) in [4.78, 5) is 3.87. The fourth-order valence-electron chi connectivity index (χ4n) is 1.11. The minimum absolute atomic E-state index is 0.795. The minimum Gasteiger partial charge on any atom is -0.232 e. The highest BCUT2D eigenvalue weighted by Crippen LogP contribution is 2.14. The summed E-state index contributed by atoms with van der Waals surface area (Å²) >= 11 is 4.47. The van der Waals surface area contributed by atoms with E-state index >= 15 is 0 Å². The fraction of sp³-hybridized carbons (Fsp3) is 0.444. The molecular weight excluding hydrogens is 154 g/mol. The minimum atomic E-state index is 0.795. The zero-order valence-corrected chi connectivity index (χ0v) is 7.23. The molecule has 1 nitrogen and oxygen atoms in total. The molecule has 0 heterocycles. The Morgan fingerprint density at radius 2 is 2.55 bits per heavy atom. The predicted octanol–water partition coefficient (Wildman–Crippen LogP) is 2.76. The molecule has 1 rings (SSSR count). The van der Waals surface area contributed by atoms with E-state index < -0.39 is 0 Å². The molecule has 0 radical (unpaired) electrons. The van der Waals surface area contributed by atoms with Crippen LogP contribution in [0.3, 0.4) is 0 Å². The molecule has 0 N–H and O–H groups in total. The Morgan fingerprint density at radius 1 is 1.64 bits per heavy atom. The summed E-state index contributed by atoms with van der Waals surface area (Å²) in [5, 5.41) is 2.37. The van der Waals surface area contributed by atoms with E-state index in [4.69, 9.17) is 0 Å². The van der Waals surface area contributed by atoms with Crippen LogP contribution in [-0.2, 0) is 0 Å². The van der Waals surface area contributed by atoms with E-state index in [0.29, 0.717) is 0 Å². The maximum Gasteiger partial charge on any atom is 0.0585 e. The molecule has 58 valence electrons. The number of allylic oxidation sites excluding steroid dienone is 3. The first kappa shape index (κ1) is 8.38. The molecule has 0 saturated heterocycles. The van der Waals surface area contributed by atoms with E-state index in [-0.39, 0.29) is 0 Å². The van der Waals surface area contributed by atoms with Gasteiger partial charge in [0, 0.05) is 0 Å². The van der Waals surface area contributed by atoms with Crippen molar-refractivity contribution in [2.75, 3.05) is 6.54 Å². The molecule has 0 aromatic carbocycles. The number of aliphatic imine (C=N–C) groups is 1. The lowest BCUT2D eigenvalue weighted by atomic mass is 10.0. The Balaban J connectivity index is 2.30. The third-order valence-electron chi connectivity index (χ3n) is 1.71. The van der Waals surface area contributed by atoms with E-state index in [2.05, 4.69) is 40.6 Å². The van der Waals surface area contributed by atoms with Gasteiger partial charge in [0.1, 0.15) is 0 Å². The second-order valence-electron chi connectivity index (χ2n) is 2.51. The van der Waals surface area contributed by atoms with Crippen molar-refractivity contribution in [2.45, 2.75) is 19.3 Å². The molecule has 1 aliphatic carbocycles. The summed E-state index contributed by atoms with van der Waals surface area (Å²) in [5.41, 5.74) is 1.47. The molecular formula is C9H11NS. The summed E-state index contributed by atoms with van der Waals surface area (Å²) in [7, 11) is 0. The number of isothiocyanates is 1. The molecule has 2 heteroatoms. The number of hydrogen-bond donors (Lipinski definition) is 0. The average molecular weight is 165 g/mol. The topological polar surface area (TPSA) is 12.4 Å². The summed E-state index contributed by atoms with van der Waals surface area (Å²) in [5.74, 6) is 0. The van der Waals surface area contributed by atoms with Crippen LogP contribution in [0.4, 0.5) is 0 Å². The Bertz CT molecular complexity index is 222. The van der Waals surface area contributed by atoms with Gasteiger partial charge in [-0.3, -0.25) is 0 Å². The van der Waals surface area contributed by atoms with E-state index in [1.54, 1.807) is 0 Å². The lowest BCUT2D eigenvalue weighted by Gasteiger charge is -2.05. The molecule has 1 aliphatic rings. The van der Waals surface area contributed by atoms with Crippen LogP contribution in [0.5, 0.6) is 0 Å². The number of thiocarbonyl (C=S) groups is 1. The SMILES string of the molecule is S=C=NCCC1=CC=CCC1. The first-order chi connectivity index (χ1) is 5.43. The Kier molecular flexibility index (Phi) is 3.81. The van der Waals surface area contributed by atoms with E-state index in [1.165, 1.54) is 18.4 Å². The van der Waals surface area contributed by atoms with E-state index in [1.807, 2.05) is 0 Å². The van der Waals surface area contributed by atoms with Gasteiger partial charge in [0.15, 0.2) is 0 Å². The Morgan fingerprint density at radius 3 is 3.18 bits per heavy atom. The quantitative estimate of drug-likeness (QED) is 0.462. The van der Waals surface area contributed by atoms with Gasteiger partial charge in [-0.2, -0.15) is 0 Å². The molecule has 0 spiro atoms. The van der Waals surface area contributed by atoms with Gasteiger partial charge in [0.2, 0.25) is 0 Å². The van der Waals surface area contributed by atoms with Crippen LogP contribution in [0, 0.1) is 0 Å². The van der Waals surface area contributed by atoms with Gasteiger partial charge in [-0.1, -0.05) is 23.8 Å². The van der Waals surface area contributed by atoms with Crippen LogP contribution in [-0.4, -0.2) is 11.7 Å². The van der Waals surface area contributed by atoms with Gasteiger partial charge in [-0.25, -0.2) is 4.99 Å². The molecule has 0 fully saturated rings. The molecule has 0 unspecified atom stereocenters. The van der Waals surface area contributed by atoms with Gasteiger partial charge in [-0.05, 0) is 31.5 Å². The van der Waals surface area contributed by atoms with Crippen molar-refractivity contribution in [2.24, 2.45) is 4.99 Å². The maximum atomic E-state index is 4.47. The second-order valence-corrected chi connectivity index (χ2v) is 2.70. The summed E-state index contributed by atoms with van der Waals surface area (Å²) in [6.45, 7) is 0.795. The van der Waals surface area contributed by atoms with Crippen molar-refractivity contribution >= 4 is 17.4 Å². The van der Waals surface area contributed by atoms with Gasteiger partial charge in [0.05, 0.1) is 11.7 Å². The third-order valence-corrected chi connectivity index (χ3v) is 1.84.